The Morgan fingerprint density at radius 2 is 2.10 bits per heavy atom. The van der Waals surface area contributed by atoms with Gasteiger partial charge in [-0.25, -0.2) is 14.4 Å². The number of methoxy groups -OCH3 is 1. The Bertz CT molecular complexity index is 631. The monoisotopic (exact) mass is 276 g/mol. The van der Waals surface area contributed by atoms with Crippen LogP contribution in [0, 0.1) is 12.7 Å². The molecular formula is C14H17FN4O. The molecule has 0 atom stereocenters. The molecule has 106 valence electrons. The molecule has 5 nitrogen and oxygen atoms in total. The van der Waals surface area contributed by atoms with Crippen molar-refractivity contribution in [3.05, 3.63) is 35.4 Å². The Morgan fingerprint density at radius 1 is 1.35 bits per heavy atom. The fourth-order valence-corrected chi connectivity index (χ4v) is 1.74. The molecule has 0 radical (unpaired) electrons. The van der Waals surface area contributed by atoms with Crippen LogP contribution in [-0.4, -0.2) is 17.1 Å². The molecule has 0 aliphatic carbocycles. The molecule has 0 fully saturated rings. The van der Waals surface area contributed by atoms with E-state index in [0.29, 0.717) is 29.6 Å². The highest BCUT2D eigenvalue weighted by Crippen LogP contribution is 2.25. The van der Waals surface area contributed by atoms with Crippen LogP contribution in [0.15, 0.2) is 18.2 Å². The van der Waals surface area contributed by atoms with Crippen molar-refractivity contribution in [1.82, 2.24) is 9.97 Å². The summed E-state index contributed by atoms with van der Waals surface area (Å²) in [7, 11) is 1.42. The average Bonchev–Trinajstić information content (AvgIpc) is 2.43. The van der Waals surface area contributed by atoms with E-state index in [2.05, 4.69) is 15.3 Å². The lowest BCUT2D eigenvalue weighted by Gasteiger charge is -2.12. The van der Waals surface area contributed by atoms with E-state index in [-0.39, 0.29) is 5.75 Å². The van der Waals surface area contributed by atoms with Crippen molar-refractivity contribution in [3.63, 3.8) is 0 Å². The number of aromatic nitrogens is 2. The van der Waals surface area contributed by atoms with Crippen molar-refractivity contribution in [3.8, 4) is 5.75 Å². The number of benzene rings is 1. The Kier molecular flexibility index (Phi) is 4.02. The molecule has 1 aromatic carbocycles. The summed E-state index contributed by atoms with van der Waals surface area (Å²) >= 11 is 0. The summed E-state index contributed by atoms with van der Waals surface area (Å²) in [4.78, 5) is 8.53. The van der Waals surface area contributed by atoms with Crippen molar-refractivity contribution in [1.29, 1.82) is 0 Å². The van der Waals surface area contributed by atoms with Crippen LogP contribution in [0.1, 0.15) is 18.3 Å². The second-order valence-corrected chi connectivity index (χ2v) is 4.33. The van der Waals surface area contributed by atoms with Gasteiger partial charge in [0.15, 0.2) is 11.6 Å². The van der Waals surface area contributed by atoms with Crippen LogP contribution in [0.4, 0.5) is 21.7 Å². The number of nitrogens with two attached hydrogens (primary N) is 1. The van der Waals surface area contributed by atoms with E-state index in [0.717, 1.165) is 5.56 Å². The van der Waals surface area contributed by atoms with Crippen LogP contribution in [-0.2, 0) is 6.42 Å². The zero-order chi connectivity index (χ0) is 14.7. The summed E-state index contributed by atoms with van der Waals surface area (Å²) in [6.45, 7) is 3.76. The topological polar surface area (TPSA) is 73.1 Å². The molecule has 6 heteroatoms. The zero-order valence-electron chi connectivity index (χ0n) is 11.7. The van der Waals surface area contributed by atoms with E-state index in [1.807, 2.05) is 13.8 Å². The number of nitrogens with one attached hydrogen (secondary N) is 1. The maximum atomic E-state index is 13.7. The third-order valence-corrected chi connectivity index (χ3v) is 2.96. The lowest BCUT2D eigenvalue weighted by atomic mass is 10.2. The molecule has 1 heterocycles. The first-order valence-electron chi connectivity index (χ1n) is 6.28. The van der Waals surface area contributed by atoms with Gasteiger partial charge >= 0.3 is 0 Å². The lowest BCUT2D eigenvalue weighted by Crippen LogP contribution is -2.06. The number of nitrogens with zero attached hydrogens (tertiary/aromatic N) is 2. The first-order valence-corrected chi connectivity index (χ1v) is 6.28. The fourth-order valence-electron chi connectivity index (χ4n) is 1.74. The van der Waals surface area contributed by atoms with Crippen LogP contribution < -0.4 is 15.8 Å². The van der Waals surface area contributed by atoms with E-state index in [1.165, 1.54) is 13.2 Å². The molecule has 20 heavy (non-hydrogen) atoms. The largest absolute Gasteiger partial charge is 0.494 e. The molecule has 0 amide bonds. The molecule has 3 N–H and O–H groups in total. The van der Waals surface area contributed by atoms with Gasteiger partial charge in [-0.05, 0) is 19.1 Å². The highest BCUT2D eigenvalue weighted by atomic mass is 19.1. The first kappa shape index (κ1) is 14.0. The molecule has 0 saturated carbocycles. The fraction of sp³-hybridized carbons (Fsp3) is 0.286. The molecule has 0 bridgehead atoms. The van der Waals surface area contributed by atoms with E-state index in [4.69, 9.17) is 10.5 Å². The predicted octanol–water partition coefficient (Wildman–Crippen LogP) is 2.82. The second kappa shape index (κ2) is 5.73. The minimum Gasteiger partial charge on any atom is -0.494 e. The molecule has 1 aromatic heterocycles. The maximum absolute atomic E-state index is 13.7. The van der Waals surface area contributed by atoms with Gasteiger partial charge in [-0.2, -0.15) is 0 Å². The van der Waals surface area contributed by atoms with Crippen molar-refractivity contribution in [2.45, 2.75) is 20.3 Å². The number of aryl methyl sites for hydroxylation is 1. The van der Waals surface area contributed by atoms with Crippen molar-refractivity contribution < 1.29 is 9.13 Å². The van der Waals surface area contributed by atoms with E-state index < -0.39 is 5.82 Å². The molecule has 2 aromatic rings. The molecule has 2 rings (SSSR count). The van der Waals surface area contributed by atoms with Gasteiger partial charge in [0.1, 0.15) is 17.5 Å². The number of nitrogen functional groups attached to an aromatic ring is 1. The van der Waals surface area contributed by atoms with E-state index in [9.17, 15) is 4.39 Å². The maximum Gasteiger partial charge on any atom is 0.167 e. The number of hydrogen-bond donors (Lipinski definition) is 2. The molecule has 0 aliphatic rings. The van der Waals surface area contributed by atoms with Crippen LogP contribution in [0.25, 0.3) is 0 Å². The van der Waals surface area contributed by atoms with Crippen LogP contribution in [0.2, 0.25) is 0 Å². The number of halogens is 1. The zero-order valence-corrected chi connectivity index (χ0v) is 11.7. The number of anilines is 3. The third kappa shape index (κ3) is 2.79. The molecule has 0 unspecified atom stereocenters. The quantitative estimate of drug-likeness (QED) is 0.898. The molecule has 0 spiro atoms. The highest BCUT2D eigenvalue weighted by molar-refractivity contribution is 5.64. The van der Waals surface area contributed by atoms with Crippen molar-refractivity contribution >= 4 is 17.3 Å². The lowest BCUT2D eigenvalue weighted by molar-refractivity contribution is 0.386. The SMILES string of the molecule is CCc1nc(N)c(C)c(Nc2ccc(OC)c(F)c2)n1. The molecule has 0 aliphatic heterocycles. The van der Waals surface area contributed by atoms with E-state index >= 15 is 0 Å². The van der Waals surface area contributed by atoms with Crippen LogP contribution >= 0.6 is 0 Å². The van der Waals surface area contributed by atoms with Gasteiger partial charge in [0, 0.05) is 23.7 Å². The summed E-state index contributed by atoms with van der Waals surface area (Å²) in [5, 5.41) is 3.05. The second-order valence-electron chi connectivity index (χ2n) is 4.33. The van der Waals surface area contributed by atoms with Gasteiger partial charge in [0.25, 0.3) is 0 Å². The summed E-state index contributed by atoms with van der Waals surface area (Å²) in [6, 6.07) is 4.62. The number of hydrogen-bond acceptors (Lipinski definition) is 5. The van der Waals surface area contributed by atoms with Crippen molar-refractivity contribution in [2.24, 2.45) is 0 Å². The standard InChI is InChI=1S/C14H17FN4O/c1-4-12-18-13(16)8(2)14(19-12)17-9-5-6-11(20-3)10(15)7-9/h5-7H,4H2,1-3H3,(H3,16,17,18,19). The Labute approximate surface area is 117 Å². The average molecular weight is 276 g/mol. The number of rotatable bonds is 4. The van der Waals surface area contributed by atoms with Gasteiger partial charge in [-0.1, -0.05) is 6.92 Å². The smallest absolute Gasteiger partial charge is 0.167 e. The van der Waals surface area contributed by atoms with Gasteiger partial charge in [0.2, 0.25) is 0 Å². The highest BCUT2D eigenvalue weighted by Gasteiger charge is 2.09. The summed E-state index contributed by atoms with van der Waals surface area (Å²) in [5.74, 6) is 1.41. The van der Waals surface area contributed by atoms with Crippen LogP contribution in [0.3, 0.4) is 0 Å². The minimum absolute atomic E-state index is 0.198. The van der Waals surface area contributed by atoms with Gasteiger partial charge < -0.3 is 15.8 Å². The minimum atomic E-state index is -0.437. The summed E-state index contributed by atoms with van der Waals surface area (Å²) in [6.07, 6.45) is 0.677. The molecule has 0 saturated heterocycles. The Hall–Kier alpha value is -2.37. The summed E-state index contributed by atoms with van der Waals surface area (Å²) < 4.78 is 18.5. The predicted molar refractivity (Wildman–Crippen MR) is 76.8 cm³/mol. The Morgan fingerprint density at radius 3 is 2.70 bits per heavy atom. The van der Waals surface area contributed by atoms with Crippen molar-refractivity contribution in [2.75, 3.05) is 18.2 Å². The van der Waals surface area contributed by atoms with Crippen LogP contribution in [0.5, 0.6) is 5.75 Å². The van der Waals surface area contributed by atoms with Gasteiger partial charge in [0.05, 0.1) is 7.11 Å². The van der Waals surface area contributed by atoms with Gasteiger partial charge in [-0.15, -0.1) is 0 Å². The molecular weight excluding hydrogens is 259 g/mol. The summed E-state index contributed by atoms with van der Waals surface area (Å²) in [5.41, 5.74) is 7.15. The van der Waals surface area contributed by atoms with Gasteiger partial charge in [-0.3, -0.25) is 0 Å². The normalized spacial score (nSPS) is 10.4. The Balaban J connectivity index is 2.34. The first-order chi connectivity index (χ1) is 9.55. The van der Waals surface area contributed by atoms with E-state index in [1.54, 1.807) is 12.1 Å². The number of ether oxygens (including phenoxy) is 1. The third-order valence-electron chi connectivity index (χ3n) is 2.96.